The van der Waals surface area contributed by atoms with Crippen molar-refractivity contribution in [2.75, 3.05) is 19.8 Å². The number of allylic oxidation sites excluding steroid dienone is 4. The van der Waals surface area contributed by atoms with Gasteiger partial charge < -0.3 is 20.3 Å². The zero-order valence-corrected chi connectivity index (χ0v) is 24.4. The summed E-state index contributed by atoms with van der Waals surface area (Å²) < 4.78 is 5.19. The average molecular weight is 593 g/mol. The van der Waals surface area contributed by atoms with E-state index in [9.17, 15) is 29.4 Å². The van der Waals surface area contributed by atoms with Gasteiger partial charge in [-0.25, -0.2) is 0 Å². The number of hydrogen-bond donors (Lipinski definition) is 5. The van der Waals surface area contributed by atoms with E-state index in [0.29, 0.717) is 25.7 Å². The van der Waals surface area contributed by atoms with Gasteiger partial charge in [-0.15, -0.1) is 0 Å². The van der Waals surface area contributed by atoms with E-state index < -0.39 is 40.9 Å². The Morgan fingerprint density at radius 2 is 1.88 bits per heavy atom. The van der Waals surface area contributed by atoms with Crippen molar-refractivity contribution in [2.45, 2.75) is 89.8 Å². The fraction of sp³-hybridized carbons (Fsp3) is 0.733. The first-order valence-corrected chi connectivity index (χ1v) is 14.9. The van der Waals surface area contributed by atoms with Gasteiger partial charge in [0.05, 0.1) is 24.5 Å². The minimum absolute atomic E-state index is 0.00161. The van der Waals surface area contributed by atoms with Crippen molar-refractivity contribution in [1.82, 2.24) is 10.7 Å². The first-order chi connectivity index (χ1) is 19.8. The molecule has 0 heterocycles. The van der Waals surface area contributed by atoms with Crippen molar-refractivity contribution in [2.24, 2.45) is 28.6 Å². The van der Waals surface area contributed by atoms with Crippen molar-refractivity contribution >= 4 is 23.4 Å². The van der Waals surface area contributed by atoms with Crippen LogP contribution in [-0.4, -0.2) is 80.9 Å². The molecule has 0 spiro atoms. The predicted molar refractivity (Wildman–Crippen MR) is 146 cm³/mol. The summed E-state index contributed by atoms with van der Waals surface area (Å²) >= 11 is 0. The smallest absolute Gasteiger partial charge is 0.308 e. The molecule has 4 aliphatic carbocycles. The summed E-state index contributed by atoms with van der Waals surface area (Å²) in [6, 6.07) is 0. The van der Waals surface area contributed by atoms with Gasteiger partial charge in [-0.05, 0) is 68.9 Å². The number of carbonyl (C=O) groups is 4. The Labute approximate surface area is 245 Å². The Bertz CT molecular complexity index is 1120. The molecule has 42 heavy (non-hydrogen) atoms. The lowest BCUT2D eigenvalue weighted by Crippen LogP contribution is -2.61. The van der Waals surface area contributed by atoms with E-state index in [4.69, 9.17) is 15.2 Å². The number of unbranched alkanes of at least 4 members (excludes halogenated alkanes) is 2. The molecule has 0 aromatic carbocycles. The van der Waals surface area contributed by atoms with Crippen molar-refractivity contribution in [3.8, 4) is 0 Å². The van der Waals surface area contributed by atoms with Crippen molar-refractivity contribution < 1.29 is 49.4 Å². The maximum Gasteiger partial charge on any atom is 0.308 e. The van der Waals surface area contributed by atoms with Crippen molar-refractivity contribution in [3.05, 3.63) is 23.8 Å². The molecular weight excluding hydrogens is 548 g/mol. The Kier molecular flexibility index (Phi) is 10.1. The first kappa shape index (κ1) is 32.4. The number of carbonyl (C=O) groups excluding carboxylic acids is 4. The number of amides is 1. The summed E-state index contributed by atoms with van der Waals surface area (Å²) in [6.45, 7) is 3.52. The number of aliphatic hydroxyl groups is 2. The zero-order valence-electron chi connectivity index (χ0n) is 24.4. The van der Waals surface area contributed by atoms with Gasteiger partial charge in [-0.1, -0.05) is 31.9 Å². The monoisotopic (exact) mass is 592 g/mol. The lowest BCUT2D eigenvalue weighted by Gasteiger charge is -2.59. The van der Waals surface area contributed by atoms with E-state index in [1.54, 1.807) is 12.2 Å². The Balaban J connectivity index is 1.25. The fourth-order valence-electron chi connectivity index (χ4n) is 8.23. The topological polar surface area (TPSA) is 183 Å². The Hall–Kier alpha value is -2.48. The van der Waals surface area contributed by atoms with Gasteiger partial charge in [-0.2, -0.15) is 0 Å². The normalized spacial score (nSPS) is 35.2. The van der Waals surface area contributed by atoms with E-state index >= 15 is 0 Å². The van der Waals surface area contributed by atoms with Crippen molar-refractivity contribution in [1.29, 1.82) is 0 Å². The number of Topliss-reactive ketones (excluding diaryl/α,β-unsaturated/α-hetero) is 1. The highest BCUT2D eigenvalue weighted by Gasteiger charge is 2.68. The van der Waals surface area contributed by atoms with E-state index in [1.807, 2.05) is 13.0 Å². The van der Waals surface area contributed by atoms with E-state index in [-0.39, 0.29) is 73.7 Å². The number of rotatable bonds is 13. The van der Waals surface area contributed by atoms with Gasteiger partial charge in [0.1, 0.15) is 5.60 Å². The molecule has 0 bridgehead atoms. The molecule has 1 amide bonds. The maximum absolute atomic E-state index is 13.4. The van der Waals surface area contributed by atoms with Crippen LogP contribution in [0.5, 0.6) is 0 Å². The molecular formula is C30H44N2O10. The highest BCUT2D eigenvalue weighted by molar-refractivity contribution is 6.01. The fourth-order valence-corrected chi connectivity index (χ4v) is 8.23. The highest BCUT2D eigenvalue weighted by atomic mass is 17.1. The zero-order chi connectivity index (χ0) is 30.7. The molecule has 234 valence electrons. The van der Waals surface area contributed by atoms with Crippen LogP contribution >= 0.6 is 0 Å². The molecule has 3 fully saturated rings. The quantitative estimate of drug-likeness (QED) is 0.120. The lowest BCUT2D eigenvalue weighted by atomic mass is 9.46. The third-order valence-corrected chi connectivity index (χ3v) is 10.4. The molecule has 0 aromatic rings. The summed E-state index contributed by atoms with van der Waals surface area (Å²) in [7, 11) is 0. The maximum atomic E-state index is 13.4. The number of aliphatic hydroxyl groups excluding tert-OH is 1. The summed E-state index contributed by atoms with van der Waals surface area (Å²) in [4.78, 5) is 54.0. The van der Waals surface area contributed by atoms with Crippen LogP contribution < -0.4 is 5.32 Å². The van der Waals surface area contributed by atoms with Crippen LogP contribution in [0.4, 0.5) is 0 Å². The van der Waals surface area contributed by atoms with Crippen LogP contribution in [0, 0.1) is 28.6 Å². The van der Waals surface area contributed by atoms with Gasteiger partial charge in [0.15, 0.2) is 12.4 Å². The number of fused-ring (bicyclic) bond motifs is 5. The second kappa shape index (κ2) is 13.0. The number of ether oxygens (including phenoxy) is 1. The summed E-state index contributed by atoms with van der Waals surface area (Å²) in [5.74, 6) is -1.55. The van der Waals surface area contributed by atoms with Gasteiger partial charge in [-0.3, -0.25) is 34.4 Å². The minimum Gasteiger partial charge on any atom is -0.457 e. The number of esters is 1. The summed E-state index contributed by atoms with van der Waals surface area (Å²) in [5, 5.41) is 42.4. The molecule has 12 heteroatoms. The predicted octanol–water partition coefficient (Wildman–Crippen LogP) is 2.19. The number of nitrogens with one attached hydrogen (secondary N) is 1. The minimum atomic E-state index is -1.73. The molecule has 5 N–H and O–H groups in total. The average Bonchev–Trinajstić information content (AvgIpc) is 3.20. The third kappa shape index (κ3) is 6.39. The van der Waals surface area contributed by atoms with E-state index in [1.165, 1.54) is 0 Å². The van der Waals surface area contributed by atoms with E-state index in [2.05, 4.69) is 17.1 Å². The number of nitrogens with zero attached hydrogens (tertiary/aromatic N) is 1. The van der Waals surface area contributed by atoms with Crippen LogP contribution in [0.3, 0.4) is 0 Å². The molecule has 0 radical (unpaired) electrons. The molecule has 4 rings (SSSR count). The SMILES string of the molecule is C[C@]12C=CC(=O)C=C1CC[C@@H]1[C@@H]2[C@@H](O)C[C@@]2(C)[C@H]1CC[C@]2(O)C(=O)COC(=O)CCNC(=O)CCCCCON(O)O. The molecule has 0 aromatic heterocycles. The molecule has 12 nitrogen and oxygen atoms in total. The van der Waals surface area contributed by atoms with Gasteiger partial charge >= 0.3 is 5.97 Å². The molecule has 0 saturated heterocycles. The third-order valence-electron chi connectivity index (χ3n) is 10.4. The lowest BCUT2D eigenvalue weighted by molar-refractivity contribution is -0.492. The van der Waals surface area contributed by atoms with Crippen molar-refractivity contribution in [3.63, 3.8) is 0 Å². The van der Waals surface area contributed by atoms with Crippen LogP contribution in [0.2, 0.25) is 0 Å². The largest absolute Gasteiger partial charge is 0.457 e. The first-order valence-electron chi connectivity index (χ1n) is 14.9. The summed E-state index contributed by atoms with van der Waals surface area (Å²) in [5.41, 5.74) is -2.01. The Morgan fingerprint density at radius 3 is 2.62 bits per heavy atom. The van der Waals surface area contributed by atoms with E-state index in [0.717, 1.165) is 18.4 Å². The van der Waals surface area contributed by atoms with Crippen LogP contribution in [-0.2, 0) is 28.8 Å². The standard InChI is InChI=1S/C30H44N2O10/c1-28-12-9-20(33)16-19(28)7-8-21-22-10-13-30(38,29(22,2)17-23(34)27(21)28)24(35)18-41-26(37)11-14-31-25(36)6-4-3-5-15-42-32(39)40/h9,12,16,21-23,27,34,38-40H,3-8,10-11,13-15,17-18H2,1-2H3,(H,31,36)/t21-,22-,23-,27+,28-,29-,30-/m0/s1. The second-order valence-corrected chi connectivity index (χ2v) is 12.7. The molecule has 4 aliphatic rings. The number of hydrogen-bond acceptors (Lipinski definition) is 11. The molecule has 7 atom stereocenters. The van der Waals surface area contributed by atoms with Gasteiger partial charge in [0.2, 0.25) is 11.7 Å². The molecule has 0 aliphatic heterocycles. The number of ketones is 2. The Morgan fingerprint density at radius 1 is 1.12 bits per heavy atom. The second-order valence-electron chi connectivity index (χ2n) is 12.7. The molecule has 0 unspecified atom stereocenters. The van der Waals surface area contributed by atoms with Crippen LogP contribution in [0.25, 0.3) is 0 Å². The van der Waals surface area contributed by atoms with Crippen LogP contribution in [0.1, 0.15) is 78.1 Å². The summed E-state index contributed by atoms with van der Waals surface area (Å²) in [6.07, 6.45) is 8.86. The highest BCUT2D eigenvalue weighted by Crippen LogP contribution is 2.67. The molecule has 3 saturated carbocycles. The van der Waals surface area contributed by atoms with Gasteiger partial charge in [0, 0.05) is 29.7 Å². The van der Waals surface area contributed by atoms with Gasteiger partial charge in [0.25, 0.3) is 0 Å². The van der Waals surface area contributed by atoms with Crippen LogP contribution in [0.15, 0.2) is 23.8 Å².